The van der Waals surface area contributed by atoms with Gasteiger partial charge in [0.05, 0.1) is 0 Å². The number of hydrogen-bond acceptors (Lipinski definition) is 4. The fourth-order valence-corrected chi connectivity index (χ4v) is 3.32. The Kier molecular flexibility index (Phi) is 5.62. The number of oxazole rings is 1. The van der Waals surface area contributed by atoms with E-state index < -0.39 is 0 Å². The van der Waals surface area contributed by atoms with Crippen LogP contribution in [0.1, 0.15) is 12.5 Å². The van der Waals surface area contributed by atoms with Crippen molar-refractivity contribution in [1.29, 1.82) is 0 Å². The highest BCUT2D eigenvalue weighted by Crippen LogP contribution is 2.27. The number of amides is 1. The fraction of sp³-hybridized carbons (Fsp3) is 0.130. The third-order valence-electron chi connectivity index (χ3n) is 4.44. The minimum Gasteiger partial charge on any atom is -0.484 e. The van der Waals surface area contributed by atoms with Gasteiger partial charge in [0, 0.05) is 15.7 Å². The lowest BCUT2D eigenvalue weighted by atomic mass is 10.2. The van der Waals surface area contributed by atoms with Crippen molar-refractivity contribution < 1.29 is 13.9 Å². The van der Waals surface area contributed by atoms with Gasteiger partial charge in [0.15, 0.2) is 12.2 Å². The normalized spacial score (nSPS) is 10.8. The molecule has 29 heavy (non-hydrogen) atoms. The first-order valence-electron chi connectivity index (χ1n) is 9.29. The van der Waals surface area contributed by atoms with Gasteiger partial charge in [-0.25, -0.2) is 4.98 Å². The zero-order valence-corrected chi connectivity index (χ0v) is 17.4. The summed E-state index contributed by atoms with van der Waals surface area (Å²) in [6.45, 7) is 2.03. The summed E-state index contributed by atoms with van der Waals surface area (Å²) in [7, 11) is 0. The van der Waals surface area contributed by atoms with Gasteiger partial charge in [0.1, 0.15) is 11.3 Å². The Labute approximate surface area is 176 Å². The van der Waals surface area contributed by atoms with Crippen molar-refractivity contribution in [2.75, 3.05) is 11.9 Å². The van der Waals surface area contributed by atoms with Crippen LogP contribution < -0.4 is 10.1 Å². The lowest BCUT2D eigenvalue weighted by Crippen LogP contribution is -2.20. The van der Waals surface area contributed by atoms with Gasteiger partial charge in [-0.1, -0.05) is 41.1 Å². The van der Waals surface area contributed by atoms with E-state index in [0.29, 0.717) is 28.4 Å². The molecule has 0 aliphatic carbocycles. The third-order valence-corrected chi connectivity index (χ3v) is 4.94. The molecule has 1 amide bonds. The quantitative estimate of drug-likeness (QED) is 0.400. The Bertz CT molecular complexity index is 1150. The van der Waals surface area contributed by atoms with Crippen LogP contribution in [0, 0.1) is 0 Å². The predicted octanol–water partition coefficient (Wildman–Crippen LogP) is 5.84. The number of fused-ring (bicyclic) bond motifs is 1. The second kappa shape index (κ2) is 8.49. The van der Waals surface area contributed by atoms with E-state index in [0.717, 1.165) is 16.5 Å². The number of hydrogen-bond donors (Lipinski definition) is 1. The summed E-state index contributed by atoms with van der Waals surface area (Å²) in [5.74, 6) is 0.964. The topological polar surface area (TPSA) is 64.4 Å². The molecule has 4 rings (SSSR count). The highest BCUT2D eigenvalue weighted by Gasteiger charge is 2.11. The number of aryl methyl sites for hydroxylation is 1. The molecule has 146 valence electrons. The molecule has 1 aromatic heterocycles. The molecule has 0 saturated carbocycles. The molecule has 0 spiro atoms. The van der Waals surface area contributed by atoms with Gasteiger partial charge < -0.3 is 14.5 Å². The molecule has 6 heteroatoms. The van der Waals surface area contributed by atoms with Crippen LogP contribution in [0.25, 0.3) is 22.6 Å². The molecular formula is C23H19BrN2O3. The maximum Gasteiger partial charge on any atom is 0.262 e. The van der Waals surface area contributed by atoms with Crippen LogP contribution in [0.4, 0.5) is 5.69 Å². The SMILES string of the molecule is CCc1ccc(OCC(=O)Nc2ccc3oc(-c4cccc(Br)c4)nc3c2)cc1. The predicted molar refractivity (Wildman–Crippen MR) is 117 cm³/mol. The standard InChI is InChI=1S/C23H19BrN2O3/c1-2-15-6-9-19(10-7-15)28-14-22(27)25-18-8-11-21-20(13-18)26-23(29-21)16-4-3-5-17(24)12-16/h3-13H,2,14H2,1H3,(H,25,27). The summed E-state index contributed by atoms with van der Waals surface area (Å²) < 4.78 is 12.3. The van der Waals surface area contributed by atoms with E-state index in [1.807, 2.05) is 48.5 Å². The van der Waals surface area contributed by atoms with Gasteiger partial charge in [0.25, 0.3) is 5.91 Å². The molecule has 0 fully saturated rings. The molecule has 0 atom stereocenters. The van der Waals surface area contributed by atoms with E-state index in [2.05, 4.69) is 33.2 Å². The summed E-state index contributed by atoms with van der Waals surface area (Å²) in [4.78, 5) is 16.8. The van der Waals surface area contributed by atoms with Crippen LogP contribution in [0.5, 0.6) is 5.75 Å². The van der Waals surface area contributed by atoms with Crippen LogP contribution in [-0.2, 0) is 11.2 Å². The van der Waals surface area contributed by atoms with Crippen molar-refractivity contribution >= 4 is 38.6 Å². The van der Waals surface area contributed by atoms with E-state index in [9.17, 15) is 4.79 Å². The minimum atomic E-state index is -0.236. The zero-order chi connectivity index (χ0) is 20.2. The molecule has 3 aromatic carbocycles. The average molecular weight is 451 g/mol. The third kappa shape index (κ3) is 4.66. The van der Waals surface area contributed by atoms with Gasteiger partial charge in [0.2, 0.25) is 5.89 Å². The molecule has 4 aromatic rings. The summed E-state index contributed by atoms with van der Waals surface area (Å²) in [6.07, 6.45) is 0.967. The number of aromatic nitrogens is 1. The second-order valence-electron chi connectivity index (χ2n) is 6.55. The molecule has 0 aliphatic heterocycles. The number of nitrogens with one attached hydrogen (secondary N) is 1. The number of benzene rings is 3. The van der Waals surface area contributed by atoms with Gasteiger partial charge in [-0.3, -0.25) is 4.79 Å². The molecule has 0 radical (unpaired) electrons. The highest BCUT2D eigenvalue weighted by atomic mass is 79.9. The molecular weight excluding hydrogens is 432 g/mol. The summed E-state index contributed by atoms with van der Waals surface area (Å²) in [6, 6.07) is 20.8. The van der Waals surface area contributed by atoms with Crippen molar-refractivity contribution in [2.45, 2.75) is 13.3 Å². The zero-order valence-electron chi connectivity index (χ0n) is 15.8. The minimum absolute atomic E-state index is 0.0639. The maximum absolute atomic E-state index is 12.2. The van der Waals surface area contributed by atoms with Crippen LogP contribution in [-0.4, -0.2) is 17.5 Å². The van der Waals surface area contributed by atoms with Gasteiger partial charge in [-0.15, -0.1) is 0 Å². The largest absolute Gasteiger partial charge is 0.484 e. The summed E-state index contributed by atoms with van der Waals surface area (Å²) in [5.41, 5.74) is 4.08. The lowest BCUT2D eigenvalue weighted by Gasteiger charge is -2.08. The van der Waals surface area contributed by atoms with Crippen molar-refractivity contribution in [3.63, 3.8) is 0 Å². The monoisotopic (exact) mass is 450 g/mol. The van der Waals surface area contributed by atoms with Gasteiger partial charge >= 0.3 is 0 Å². The average Bonchev–Trinajstić information content (AvgIpc) is 3.16. The van der Waals surface area contributed by atoms with E-state index >= 15 is 0 Å². The summed E-state index contributed by atoms with van der Waals surface area (Å²) in [5, 5.41) is 2.83. The molecule has 1 N–H and O–H groups in total. The van der Waals surface area contributed by atoms with Crippen LogP contribution in [0.3, 0.4) is 0 Å². The Morgan fingerprint density at radius 2 is 1.93 bits per heavy atom. The first-order chi connectivity index (χ1) is 14.1. The Balaban J connectivity index is 1.43. The number of ether oxygens (including phenoxy) is 1. The number of rotatable bonds is 6. The number of carbonyl (C=O) groups excluding carboxylic acids is 1. The van der Waals surface area contributed by atoms with Crippen molar-refractivity contribution in [3.05, 3.63) is 76.8 Å². The van der Waals surface area contributed by atoms with Crippen LogP contribution in [0.2, 0.25) is 0 Å². The first-order valence-corrected chi connectivity index (χ1v) is 10.1. The number of carbonyl (C=O) groups is 1. The number of nitrogens with zero attached hydrogens (tertiary/aromatic N) is 1. The Morgan fingerprint density at radius 3 is 2.69 bits per heavy atom. The molecule has 0 unspecified atom stereocenters. The van der Waals surface area contributed by atoms with E-state index in [1.165, 1.54) is 5.56 Å². The van der Waals surface area contributed by atoms with E-state index in [-0.39, 0.29) is 12.5 Å². The number of anilines is 1. The van der Waals surface area contributed by atoms with Crippen molar-refractivity contribution in [1.82, 2.24) is 4.98 Å². The van der Waals surface area contributed by atoms with Crippen LogP contribution in [0.15, 0.2) is 75.6 Å². The molecule has 0 aliphatic rings. The second-order valence-corrected chi connectivity index (χ2v) is 7.46. The molecule has 0 bridgehead atoms. The van der Waals surface area contributed by atoms with Gasteiger partial charge in [-0.05, 0) is 60.5 Å². The molecule has 0 saturated heterocycles. The molecule has 1 heterocycles. The number of halogens is 1. The maximum atomic E-state index is 12.2. The first kappa shape index (κ1) is 19.2. The Hall–Kier alpha value is -3.12. The van der Waals surface area contributed by atoms with E-state index in [1.54, 1.807) is 18.2 Å². The lowest BCUT2D eigenvalue weighted by molar-refractivity contribution is -0.118. The van der Waals surface area contributed by atoms with E-state index in [4.69, 9.17) is 9.15 Å². The van der Waals surface area contributed by atoms with Gasteiger partial charge in [-0.2, -0.15) is 0 Å². The van der Waals surface area contributed by atoms with Crippen molar-refractivity contribution in [3.8, 4) is 17.2 Å². The molecule has 5 nitrogen and oxygen atoms in total. The van der Waals surface area contributed by atoms with Crippen LogP contribution >= 0.6 is 15.9 Å². The fourth-order valence-electron chi connectivity index (χ4n) is 2.92. The summed E-state index contributed by atoms with van der Waals surface area (Å²) >= 11 is 3.45. The smallest absolute Gasteiger partial charge is 0.262 e. The van der Waals surface area contributed by atoms with Crippen molar-refractivity contribution in [2.24, 2.45) is 0 Å². The highest BCUT2D eigenvalue weighted by molar-refractivity contribution is 9.10. The Morgan fingerprint density at radius 1 is 1.10 bits per heavy atom.